The smallest absolute Gasteiger partial charge is 0.120 e. The third kappa shape index (κ3) is 3.10. The number of nitrogens with two attached hydrogens (primary N) is 1. The lowest BCUT2D eigenvalue weighted by atomic mass is 9.96. The van der Waals surface area contributed by atoms with Gasteiger partial charge in [-0.3, -0.25) is 0 Å². The Morgan fingerprint density at radius 3 is 2.50 bits per heavy atom. The highest BCUT2D eigenvalue weighted by Gasteiger charge is 2.16. The van der Waals surface area contributed by atoms with Crippen molar-refractivity contribution in [1.82, 2.24) is 0 Å². The lowest BCUT2D eigenvalue weighted by Gasteiger charge is -2.17. The average molecular weight is 311 g/mol. The van der Waals surface area contributed by atoms with E-state index in [4.69, 9.17) is 10.8 Å². The maximum Gasteiger partial charge on any atom is 0.120 e. The number of phenolic OH excluding ortho intramolecular Hbond substituents is 1. The van der Waals surface area contributed by atoms with Gasteiger partial charge in [0.25, 0.3) is 0 Å². The van der Waals surface area contributed by atoms with Gasteiger partial charge in [0.15, 0.2) is 0 Å². The van der Waals surface area contributed by atoms with Crippen molar-refractivity contribution in [3.63, 3.8) is 0 Å². The van der Waals surface area contributed by atoms with Crippen molar-refractivity contribution < 1.29 is 10.2 Å². The molecule has 0 heterocycles. The van der Waals surface area contributed by atoms with E-state index in [-0.39, 0.29) is 30.8 Å². The van der Waals surface area contributed by atoms with Crippen LogP contribution in [0.25, 0.3) is 0 Å². The van der Waals surface area contributed by atoms with Crippen LogP contribution in [0.3, 0.4) is 0 Å². The van der Waals surface area contributed by atoms with Crippen LogP contribution >= 0.6 is 28.3 Å². The fourth-order valence-corrected chi connectivity index (χ4v) is 2.03. The van der Waals surface area contributed by atoms with Gasteiger partial charge >= 0.3 is 0 Å². The number of hydrogen-bond acceptors (Lipinski definition) is 3. The van der Waals surface area contributed by atoms with Crippen molar-refractivity contribution in [2.24, 2.45) is 5.73 Å². The first-order valence-electron chi connectivity index (χ1n) is 4.84. The summed E-state index contributed by atoms with van der Waals surface area (Å²) in [7, 11) is 0. The molecule has 1 atom stereocenters. The minimum Gasteiger partial charge on any atom is -0.508 e. The molecule has 0 aliphatic rings. The van der Waals surface area contributed by atoms with E-state index in [1.165, 1.54) is 0 Å². The van der Waals surface area contributed by atoms with E-state index in [0.717, 1.165) is 15.6 Å². The van der Waals surface area contributed by atoms with Crippen LogP contribution in [0.4, 0.5) is 0 Å². The van der Waals surface area contributed by atoms with Crippen molar-refractivity contribution in [1.29, 1.82) is 0 Å². The van der Waals surface area contributed by atoms with Gasteiger partial charge < -0.3 is 15.9 Å². The highest BCUT2D eigenvalue weighted by molar-refractivity contribution is 9.10. The molecular weight excluding hydrogens is 293 g/mol. The maximum atomic E-state index is 9.81. The molecule has 0 unspecified atom stereocenters. The second-order valence-electron chi connectivity index (χ2n) is 3.68. The number of rotatable bonds is 3. The van der Waals surface area contributed by atoms with Crippen LogP contribution in [0.1, 0.15) is 29.2 Å². The van der Waals surface area contributed by atoms with E-state index in [9.17, 15) is 5.11 Å². The number of phenols is 1. The molecule has 0 amide bonds. The van der Waals surface area contributed by atoms with Gasteiger partial charge in [-0.1, -0.05) is 15.9 Å². The summed E-state index contributed by atoms with van der Waals surface area (Å²) in [6.07, 6.45) is 0.448. The first-order chi connectivity index (χ1) is 6.99. The molecule has 0 saturated heterocycles. The Kier molecular flexibility index (Phi) is 6.33. The Morgan fingerprint density at radius 1 is 1.44 bits per heavy atom. The third-order valence-electron chi connectivity index (χ3n) is 2.52. The van der Waals surface area contributed by atoms with Gasteiger partial charge in [-0.25, -0.2) is 0 Å². The monoisotopic (exact) mass is 309 g/mol. The molecule has 3 nitrogen and oxygen atoms in total. The van der Waals surface area contributed by atoms with Gasteiger partial charge in [0.1, 0.15) is 5.75 Å². The Bertz CT molecular complexity index is 371. The van der Waals surface area contributed by atoms with E-state index < -0.39 is 0 Å². The van der Waals surface area contributed by atoms with Crippen LogP contribution in [0.15, 0.2) is 10.5 Å². The first kappa shape index (κ1) is 15.7. The molecule has 0 aliphatic heterocycles. The number of hydrogen-bond donors (Lipinski definition) is 3. The number of benzene rings is 1. The standard InChI is InChI=1S/C11H16BrNO2.ClH/c1-6-5-9(15)10(7(2)11(6)12)8(13)3-4-14;/h5,8,14-15H,3-4,13H2,1-2H3;1H/t8-;/m1./s1. The van der Waals surface area contributed by atoms with Crippen LogP contribution in [-0.4, -0.2) is 16.8 Å². The molecule has 0 aromatic heterocycles. The molecule has 0 bridgehead atoms. The van der Waals surface area contributed by atoms with E-state index >= 15 is 0 Å². The fourth-order valence-electron chi connectivity index (χ4n) is 1.70. The summed E-state index contributed by atoms with van der Waals surface area (Å²) in [5, 5.41) is 18.6. The molecule has 0 spiro atoms. The molecule has 0 radical (unpaired) electrons. The molecule has 16 heavy (non-hydrogen) atoms. The van der Waals surface area contributed by atoms with Gasteiger partial charge in [-0.15, -0.1) is 12.4 Å². The highest BCUT2D eigenvalue weighted by atomic mass is 79.9. The molecule has 1 rings (SSSR count). The summed E-state index contributed by atoms with van der Waals surface area (Å²) in [4.78, 5) is 0. The van der Waals surface area contributed by atoms with Crippen molar-refractivity contribution >= 4 is 28.3 Å². The zero-order chi connectivity index (χ0) is 11.6. The topological polar surface area (TPSA) is 66.5 Å². The molecule has 5 heteroatoms. The van der Waals surface area contributed by atoms with Gasteiger partial charge in [-0.05, 0) is 37.5 Å². The normalized spacial score (nSPS) is 12.1. The lowest BCUT2D eigenvalue weighted by molar-refractivity contribution is 0.275. The molecular formula is C11H17BrClNO2. The SMILES string of the molecule is Cc1cc(O)c([C@H](N)CCO)c(C)c1Br.Cl. The van der Waals surface area contributed by atoms with Crippen LogP contribution in [0.5, 0.6) is 5.75 Å². The van der Waals surface area contributed by atoms with Crippen molar-refractivity contribution in [3.05, 3.63) is 27.2 Å². The Hall–Kier alpha value is -0.290. The highest BCUT2D eigenvalue weighted by Crippen LogP contribution is 2.35. The molecule has 0 saturated carbocycles. The average Bonchev–Trinajstić information content (AvgIpc) is 2.15. The number of aromatic hydroxyl groups is 1. The van der Waals surface area contributed by atoms with Gasteiger partial charge in [0.05, 0.1) is 0 Å². The quantitative estimate of drug-likeness (QED) is 0.804. The predicted molar refractivity (Wildman–Crippen MR) is 71.2 cm³/mol. The largest absolute Gasteiger partial charge is 0.508 e. The number of aliphatic hydroxyl groups is 1. The molecule has 0 fully saturated rings. The number of aliphatic hydroxyl groups excluding tert-OH is 1. The summed E-state index contributed by atoms with van der Waals surface area (Å²) < 4.78 is 0.962. The van der Waals surface area contributed by atoms with Crippen molar-refractivity contribution in [2.75, 3.05) is 6.61 Å². The van der Waals surface area contributed by atoms with Crippen LogP contribution in [0, 0.1) is 13.8 Å². The van der Waals surface area contributed by atoms with Crippen molar-refractivity contribution in [3.8, 4) is 5.75 Å². The predicted octanol–water partition coefficient (Wildman–Crippen LogP) is 2.58. The van der Waals surface area contributed by atoms with E-state index in [0.29, 0.717) is 12.0 Å². The van der Waals surface area contributed by atoms with Gasteiger partial charge in [0.2, 0.25) is 0 Å². The van der Waals surface area contributed by atoms with E-state index in [1.54, 1.807) is 6.07 Å². The minimum atomic E-state index is -0.327. The van der Waals surface area contributed by atoms with Crippen LogP contribution in [0.2, 0.25) is 0 Å². The summed E-state index contributed by atoms with van der Waals surface area (Å²) in [5.41, 5.74) is 8.51. The zero-order valence-electron chi connectivity index (χ0n) is 9.33. The van der Waals surface area contributed by atoms with E-state index in [1.807, 2.05) is 13.8 Å². The van der Waals surface area contributed by atoms with Gasteiger partial charge in [-0.2, -0.15) is 0 Å². The number of aryl methyl sites for hydroxylation is 1. The van der Waals surface area contributed by atoms with Crippen molar-refractivity contribution in [2.45, 2.75) is 26.3 Å². The lowest BCUT2D eigenvalue weighted by Crippen LogP contribution is -2.14. The minimum absolute atomic E-state index is 0. The second kappa shape index (κ2) is 6.45. The summed E-state index contributed by atoms with van der Waals surface area (Å²) >= 11 is 3.45. The third-order valence-corrected chi connectivity index (χ3v) is 3.74. The molecule has 1 aromatic carbocycles. The van der Waals surface area contributed by atoms with Crippen LogP contribution < -0.4 is 5.73 Å². The molecule has 4 N–H and O–H groups in total. The summed E-state index contributed by atoms with van der Waals surface area (Å²) in [5.74, 6) is 0.203. The Labute approximate surface area is 110 Å². The first-order valence-corrected chi connectivity index (χ1v) is 5.63. The zero-order valence-corrected chi connectivity index (χ0v) is 11.7. The molecule has 1 aromatic rings. The molecule has 0 aliphatic carbocycles. The number of halogens is 2. The summed E-state index contributed by atoms with van der Waals surface area (Å²) in [6, 6.07) is 1.36. The second-order valence-corrected chi connectivity index (χ2v) is 4.48. The van der Waals surface area contributed by atoms with E-state index in [2.05, 4.69) is 15.9 Å². The fraction of sp³-hybridized carbons (Fsp3) is 0.455. The molecule has 92 valence electrons. The Morgan fingerprint density at radius 2 is 2.00 bits per heavy atom. The van der Waals surface area contributed by atoms with Crippen LogP contribution in [-0.2, 0) is 0 Å². The van der Waals surface area contributed by atoms with Gasteiger partial charge in [0, 0.05) is 22.7 Å². The summed E-state index contributed by atoms with van der Waals surface area (Å²) in [6.45, 7) is 3.84. The maximum absolute atomic E-state index is 9.81. The Balaban J connectivity index is 0.00000225.